The van der Waals surface area contributed by atoms with Crippen LogP contribution >= 0.6 is 0 Å². The van der Waals surface area contributed by atoms with Gasteiger partial charge in [-0.2, -0.15) is 0 Å². The Bertz CT molecular complexity index is 1250. The SMILES string of the molecule is COCC(NC(=O)N[C@H](C(=O)N1C[C@H](C(C)C)CC1C(=O)NC(CC1CC1)C(=O)C(N)=O)C1Cc2ccccc2C1)C(C)(C)C. The molecule has 1 aromatic carbocycles. The molecule has 248 valence electrons. The van der Waals surface area contributed by atoms with Gasteiger partial charge in [-0.1, -0.05) is 71.7 Å². The van der Waals surface area contributed by atoms with Crippen molar-refractivity contribution in [2.24, 2.45) is 34.8 Å². The molecule has 0 bridgehead atoms. The number of nitrogens with two attached hydrogens (primary N) is 1. The van der Waals surface area contributed by atoms with Crippen molar-refractivity contribution in [3.63, 3.8) is 0 Å². The second kappa shape index (κ2) is 14.3. The number of fused-ring (bicyclic) bond motifs is 1. The summed E-state index contributed by atoms with van der Waals surface area (Å²) in [6.45, 7) is 10.8. The first kappa shape index (κ1) is 34.4. The highest BCUT2D eigenvalue weighted by atomic mass is 16.5. The Hall–Kier alpha value is -3.47. The van der Waals surface area contributed by atoms with Gasteiger partial charge in [-0.3, -0.25) is 19.2 Å². The summed E-state index contributed by atoms with van der Waals surface area (Å²) in [5.41, 5.74) is 7.29. The van der Waals surface area contributed by atoms with E-state index >= 15 is 0 Å². The normalized spacial score (nSPS) is 22.0. The number of nitrogens with zero attached hydrogens (tertiary/aromatic N) is 1. The van der Waals surface area contributed by atoms with Gasteiger partial charge in [0, 0.05) is 13.7 Å². The van der Waals surface area contributed by atoms with Crippen LogP contribution in [-0.2, 0) is 36.8 Å². The molecule has 2 aliphatic carbocycles. The largest absolute Gasteiger partial charge is 0.383 e. The molecule has 0 radical (unpaired) electrons. The van der Waals surface area contributed by atoms with E-state index in [1.54, 1.807) is 12.0 Å². The number of nitrogens with one attached hydrogen (secondary N) is 3. The summed E-state index contributed by atoms with van der Waals surface area (Å²) in [6.07, 6.45) is 3.86. The van der Waals surface area contributed by atoms with E-state index in [4.69, 9.17) is 10.5 Å². The molecule has 1 saturated heterocycles. The first-order valence-electron chi connectivity index (χ1n) is 16.3. The molecular formula is C34H51N5O6. The van der Waals surface area contributed by atoms with Crippen LogP contribution in [0, 0.1) is 29.1 Å². The van der Waals surface area contributed by atoms with Crippen LogP contribution in [-0.4, -0.2) is 78.9 Å². The smallest absolute Gasteiger partial charge is 0.315 e. The molecule has 1 aliphatic heterocycles. The molecule has 11 heteroatoms. The van der Waals surface area contributed by atoms with Crippen LogP contribution in [0.4, 0.5) is 4.79 Å². The number of benzene rings is 1. The van der Waals surface area contributed by atoms with Crippen LogP contribution in [0.1, 0.15) is 71.4 Å². The fourth-order valence-corrected chi connectivity index (χ4v) is 6.61. The van der Waals surface area contributed by atoms with Crippen molar-refractivity contribution in [1.29, 1.82) is 0 Å². The average Bonchev–Trinajstić information content (AvgIpc) is 3.49. The molecule has 5 amide bonds. The number of carbonyl (C=O) groups is 5. The molecule has 1 heterocycles. The number of ether oxygens (including phenoxy) is 1. The van der Waals surface area contributed by atoms with E-state index in [0.29, 0.717) is 38.8 Å². The number of likely N-dealkylation sites (tertiary alicyclic amines) is 1. The third-order valence-corrected chi connectivity index (χ3v) is 9.79. The maximum Gasteiger partial charge on any atom is 0.315 e. The highest BCUT2D eigenvalue weighted by Crippen LogP contribution is 2.35. The van der Waals surface area contributed by atoms with Crippen LogP contribution in [0.3, 0.4) is 0 Å². The Labute approximate surface area is 266 Å². The molecule has 0 spiro atoms. The minimum atomic E-state index is -1.08. The third-order valence-electron chi connectivity index (χ3n) is 9.79. The van der Waals surface area contributed by atoms with Gasteiger partial charge >= 0.3 is 6.03 Å². The number of ketones is 1. The molecule has 11 nitrogen and oxygen atoms in total. The van der Waals surface area contributed by atoms with E-state index in [2.05, 4.69) is 29.8 Å². The summed E-state index contributed by atoms with van der Waals surface area (Å²) in [5, 5.41) is 8.78. The zero-order valence-electron chi connectivity index (χ0n) is 27.6. The van der Waals surface area contributed by atoms with Gasteiger partial charge < -0.3 is 31.3 Å². The molecule has 45 heavy (non-hydrogen) atoms. The van der Waals surface area contributed by atoms with Crippen LogP contribution in [0.15, 0.2) is 24.3 Å². The fraction of sp³-hybridized carbons (Fsp3) is 0.676. The summed E-state index contributed by atoms with van der Waals surface area (Å²) >= 11 is 0. The lowest BCUT2D eigenvalue weighted by Crippen LogP contribution is -2.60. The maximum atomic E-state index is 14.6. The molecule has 5 N–H and O–H groups in total. The number of Topliss-reactive ketones (excluding diaryl/α,β-unsaturated/α-hetero) is 1. The van der Waals surface area contributed by atoms with Gasteiger partial charge in [0.25, 0.3) is 5.91 Å². The predicted molar refractivity (Wildman–Crippen MR) is 170 cm³/mol. The second-order valence-electron chi connectivity index (χ2n) is 14.6. The van der Waals surface area contributed by atoms with Crippen molar-refractivity contribution in [2.75, 3.05) is 20.3 Å². The van der Waals surface area contributed by atoms with Gasteiger partial charge in [0.1, 0.15) is 12.1 Å². The summed E-state index contributed by atoms with van der Waals surface area (Å²) in [7, 11) is 1.58. The van der Waals surface area contributed by atoms with Crippen molar-refractivity contribution >= 4 is 29.5 Å². The van der Waals surface area contributed by atoms with Crippen LogP contribution in [0.25, 0.3) is 0 Å². The Morgan fingerprint density at radius 2 is 1.60 bits per heavy atom. The molecule has 4 rings (SSSR count). The highest BCUT2D eigenvalue weighted by Gasteiger charge is 2.46. The number of carbonyl (C=O) groups excluding carboxylic acids is 5. The number of rotatable bonds is 13. The van der Waals surface area contributed by atoms with Gasteiger partial charge in [-0.15, -0.1) is 0 Å². The Morgan fingerprint density at radius 1 is 0.978 bits per heavy atom. The van der Waals surface area contributed by atoms with E-state index in [-0.39, 0.29) is 41.0 Å². The Kier molecular flexibility index (Phi) is 10.9. The van der Waals surface area contributed by atoms with Crippen LogP contribution in [0.5, 0.6) is 0 Å². The van der Waals surface area contributed by atoms with Gasteiger partial charge in [0.05, 0.1) is 18.7 Å². The van der Waals surface area contributed by atoms with E-state index in [9.17, 15) is 24.0 Å². The molecule has 1 saturated carbocycles. The summed E-state index contributed by atoms with van der Waals surface area (Å²) in [6, 6.07) is 4.49. The first-order valence-corrected chi connectivity index (χ1v) is 16.3. The van der Waals surface area contributed by atoms with Crippen LogP contribution in [0.2, 0.25) is 0 Å². The minimum absolute atomic E-state index is 0.0423. The van der Waals surface area contributed by atoms with Gasteiger partial charge in [0.2, 0.25) is 17.6 Å². The molecule has 1 aromatic rings. The number of amides is 5. The number of urea groups is 1. The van der Waals surface area contributed by atoms with Crippen molar-refractivity contribution in [3.05, 3.63) is 35.4 Å². The molecule has 3 aliphatic rings. The van der Waals surface area contributed by atoms with Crippen molar-refractivity contribution in [3.8, 4) is 0 Å². The summed E-state index contributed by atoms with van der Waals surface area (Å²) in [4.78, 5) is 67.9. The molecular weight excluding hydrogens is 574 g/mol. The second-order valence-corrected chi connectivity index (χ2v) is 14.6. The first-order chi connectivity index (χ1) is 21.2. The number of primary amides is 1. The average molecular weight is 626 g/mol. The third kappa shape index (κ3) is 8.62. The zero-order chi connectivity index (χ0) is 33.1. The van der Waals surface area contributed by atoms with E-state index < -0.39 is 41.8 Å². The van der Waals surface area contributed by atoms with Gasteiger partial charge in [-0.25, -0.2) is 4.79 Å². The number of hydrogen-bond acceptors (Lipinski definition) is 6. The summed E-state index contributed by atoms with van der Waals surface area (Å²) in [5.74, 6) is -2.43. The number of hydrogen-bond donors (Lipinski definition) is 4. The number of methoxy groups -OCH3 is 1. The topological polar surface area (TPSA) is 160 Å². The van der Waals surface area contributed by atoms with Crippen molar-refractivity contribution in [1.82, 2.24) is 20.9 Å². The predicted octanol–water partition coefficient (Wildman–Crippen LogP) is 2.34. The quantitative estimate of drug-likeness (QED) is 0.246. The van der Waals surface area contributed by atoms with E-state index in [0.717, 1.165) is 24.0 Å². The lowest BCUT2D eigenvalue weighted by atomic mass is 9.87. The maximum absolute atomic E-state index is 14.6. The summed E-state index contributed by atoms with van der Waals surface area (Å²) < 4.78 is 5.36. The van der Waals surface area contributed by atoms with Crippen molar-refractivity contribution < 1.29 is 28.7 Å². The van der Waals surface area contributed by atoms with Crippen LogP contribution < -0.4 is 21.7 Å². The monoisotopic (exact) mass is 625 g/mol. The lowest BCUT2D eigenvalue weighted by molar-refractivity contribution is -0.142. The fourth-order valence-electron chi connectivity index (χ4n) is 6.61. The molecule has 5 atom stereocenters. The zero-order valence-corrected chi connectivity index (χ0v) is 27.6. The van der Waals surface area contributed by atoms with E-state index in [1.807, 2.05) is 45.0 Å². The van der Waals surface area contributed by atoms with Gasteiger partial charge in [0.15, 0.2) is 0 Å². The molecule has 3 unspecified atom stereocenters. The Balaban J connectivity index is 1.60. The highest BCUT2D eigenvalue weighted by molar-refractivity contribution is 6.37. The van der Waals surface area contributed by atoms with Gasteiger partial charge in [-0.05, 0) is 65.9 Å². The lowest BCUT2D eigenvalue weighted by Gasteiger charge is -2.34. The minimum Gasteiger partial charge on any atom is -0.383 e. The molecule has 2 fully saturated rings. The Morgan fingerprint density at radius 3 is 2.11 bits per heavy atom. The van der Waals surface area contributed by atoms with Crippen molar-refractivity contribution in [2.45, 2.75) is 97.3 Å². The standard InChI is InChI=1S/C34H51N5O6/c1-19(2)24-16-26(31(42)36-25(13-20-11-12-20)29(40)30(35)41)39(17-24)32(43)28(23-14-21-9-7-8-10-22(21)15-23)38-33(44)37-27(18-45-6)34(3,4)5/h7-10,19-20,23-28H,11-18H2,1-6H3,(H2,35,41)(H,36,42)(H2,37,38,44)/t24-,25?,26?,27?,28+/m1/s1. The molecule has 0 aromatic heterocycles. The van der Waals surface area contributed by atoms with E-state index in [1.165, 1.54) is 0 Å².